The molecular weight excluding hydrogens is 352 g/mol. The van der Waals surface area contributed by atoms with E-state index >= 15 is 0 Å². The Morgan fingerprint density at radius 2 is 1.93 bits per heavy atom. The lowest BCUT2D eigenvalue weighted by atomic mass is 10.0. The highest BCUT2D eigenvalue weighted by Crippen LogP contribution is 2.41. The normalized spacial score (nSPS) is 19.1. The van der Waals surface area contributed by atoms with E-state index in [-0.39, 0.29) is 23.8 Å². The Morgan fingerprint density at radius 3 is 2.57 bits per heavy atom. The van der Waals surface area contributed by atoms with Crippen molar-refractivity contribution in [1.29, 1.82) is 0 Å². The van der Waals surface area contributed by atoms with Crippen molar-refractivity contribution in [1.82, 2.24) is 9.78 Å². The SMILES string of the molecule is CC(=O)N1c2ccc(-c3cnn(CC(C)C)c3)cc2N(C(=O)C2CC2)C[C@@H]1C. The number of amides is 2. The number of hydrogen-bond acceptors (Lipinski definition) is 3. The van der Waals surface area contributed by atoms with Gasteiger partial charge in [0.15, 0.2) is 0 Å². The summed E-state index contributed by atoms with van der Waals surface area (Å²) in [6.07, 6.45) is 5.85. The average Bonchev–Trinajstić information content (AvgIpc) is 3.39. The van der Waals surface area contributed by atoms with Gasteiger partial charge < -0.3 is 9.80 Å². The van der Waals surface area contributed by atoms with E-state index in [1.54, 1.807) is 11.8 Å². The maximum Gasteiger partial charge on any atom is 0.230 e. The average molecular weight is 380 g/mol. The summed E-state index contributed by atoms with van der Waals surface area (Å²) in [5.74, 6) is 0.851. The molecule has 2 aromatic rings. The predicted octanol–water partition coefficient (Wildman–Crippen LogP) is 3.70. The van der Waals surface area contributed by atoms with Crippen LogP contribution in [0.2, 0.25) is 0 Å². The van der Waals surface area contributed by atoms with Gasteiger partial charge in [-0.3, -0.25) is 14.3 Å². The van der Waals surface area contributed by atoms with E-state index in [9.17, 15) is 9.59 Å². The van der Waals surface area contributed by atoms with Crippen LogP contribution in [0.1, 0.15) is 40.5 Å². The topological polar surface area (TPSA) is 58.4 Å². The minimum atomic E-state index is -0.0349. The summed E-state index contributed by atoms with van der Waals surface area (Å²) < 4.78 is 1.95. The highest BCUT2D eigenvalue weighted by atomic mass is 16.2. The van der Waals surface area contributed by atoms with Crippen LogP contribution >= 0.6 is 0 Å². The van der Waals surface area contributed by atoms with Crippen LogP contribution in [0.25, 0.3) is 11.1 Å². The van der Waals surface area contributed by atoms with Crippen molar-refractivity contribution in [3.63, 3.8) is 0 Å². The lowest BCUT2D eigenvalue weighted by molar-refractivity contribution is -0.120. The molecule has 1 aromatic carbocycles. The lowest BCUT2D eigenvalue weighted by Gasteiger charge is -2.41. The smallest absolute Gasteiger partial charge is 0.230 e. The molecule has 0 radical (unpaired) electrons. The number of fused-ring (bicyclic) bond motifs is 1. The standard InChI is InChI=1S/C22H28N4O2/c1-14(2)11-24-13-19(10-23-24)18-7-8-20-21(9-18)25(22(28)17-5-6-17)12-15(3)26(20)16(4)27/h7-10,13-15,17H,5-6,11-12H2,1-4H3/t15-/m0/s1. The number of anilines is 2. The molecular formula is C22H28N4O2. The van der Waals surface area contributed by atoms with Gasteiger partial charge in [0, 0.05) is 37.7 Å². The summed E-state index contributed by atoms with van der Waals surface area (Å²) >= 11 is 0. The van der Waals surface area contributed by atoms with Crippen LogP contribution in [0.5, 0.6) is 0 Å². The van der Waals surface area contributed by atoms with E-state index in [1.165, 1.54) is 0 Å². The van der Waals surface area contributed by atoms with Gasteiger partial charge in [0.2, 0.25) is 11.8 Å². The maximum absolute atomic E-state index is 12.9. The quantitative estimate of drug-likeness (QED) is 0.813. The fraction of sp³-hybridized carbons (Fsp3) is 0.500. The van der Waals surface area contributed by atoms with Crippen LogP contribution < -0.4 is 9.80 Å². The zero-order valence-corrected chi connectivity index (χ0v) is 17.1. The van der Waals surface area contributed by atoms with E-state index in [1.807, 2.05) is 47.1 Å². The van der Waals surface area contributed by atoms with Gasteiger partial charge in [0.1, 0.15) is 0 Å². The predicted molar refractivity (Wildman–Crippen MR) is 110 cm³/mol. The largest absolute Gasteiger partial charge is 0.308 e. The summed E-state index contributed by atoms with van der Waals surface area (Å²) in [5.41, 5.74) is 3.69. The van der Waals surface area contributed by atoms with Crippen molar-refractivity contribution in [3.8, 4) is 11.1 Å². The minimum Gasteiger partial charge on any atom is -0.308 e. The number of nitrogens with zero attached hydrogens (tertiary/aromatic N) is 4. The van der Waals surface area contributed by atoms with Crippen molar-refractivity contribution in [2.45, 2.75) is 53.1 Å². The summed E-state index contributed by atoms with van der Waals surface area (Å²) in [6, 6.07) is 5.99. The summed E-state index contributed by atoms with van der Waals surface area (Å²) in [4.78, 5) is 28.9. The molecule has 2 aliphatic rings. The molecule has 0 saturated heterocycles. The first-order chi connectivity index (χ1) is 13.3. The first-order valence-electron chi connectivity index (χ1n) is 10.1. The van der Waals surface area contributed by atoms with Crippen LogP contribution in [0, 0.1) is 11.8 Å². The van der Waals surface area contributed by atoms with E-state index in [2.05, 4.69) is 18.9 Å². The van der Waals surface area contributed by atoms with Crippen molar-refractivity contribution >= 4 is 23.2 Å². The first-order valence-corrected chi connectivity index (χ1v) is 10.1. The molecule has 1 aliphatic heterocycles. The van der Waals surface area contributed by atoms with Gasteiger partial charge in [-0.1, -0.05) is 19.9 Å². The Hall–Kier alpha value is -2.63. The zero-order valence-electron chi connectivity index (χ0n) is 17.1. The fourth-order valence-corrected chi connectivity index (χ4v) is 4.03. The molecule has 1 saturated carbocycles. The second-order valence-electron chi connectivity index (χ2n) is 8.51. The fourth-order valence-electron chi connectivity index (χ4n) is 4.03. The summed E-state index contributed by atoms with van der Waals surface area (Å²) in [5, 5.41) is 4.46. The van der Waals surface area contributed by atoms with Crippen LogP contribution in [0.15, 0.2) is 30.6 Å². The third-order valence-corrected chi connectivity index (χ3v) is 5.46. The molecule has 0 spiro atoms. The molecule has 6 nitrogen and oxygen atoms in total. The molecule has 148 valence electrons. The lowest BCUT2D eigenvalue weighted by Crippen LogP contribution is -2.51. The third kappa shape index (κ3) is 3.43. The number of carbonyl (C=O) groups excluding carboxylic acids is 2. The second kappa shape index (κ2) is 7.08. The number of benzene rings is 1. The van der Waals surface area contributed by atoms with Gasteiger partial charge in [0.05, 0.1) is 23.6 Å². The van der Waals surface area contributed by atoms with Gasteiger partial charge in [-0.15, -0.1) is 0 Å². The van der Waals surface area contributed by atoms with Gasteiger partial charge in [0.25, 0.3) is 0 Å². The maximum atomic E-state index is 12.9. The number of aromatic nitrogens is 2. The third-order valence-electron chi connectivity index (χ3n) is 5.46. The van der Waals surface area contributed by atoms with Gasteiger partial charge in [-0.05, 0) is 43.4 Å². The van der Waals surface area contributed by atoms with E-state index < -0.39 is 0 Å². The van der Waals surface area contributed by atoms with Crippen LogP contribution in [0.3, 0.4) is 0 Å². The van der Waals surface area contributed by atoms with Crippen molar-refractivity contribution in [2.24, 2.45) is 11.8 Å². The van der Waals surface area contributed by atoms with E-state index in [4.69, 9.17) is 0 Å². The zero-order chi connectivity index (χ0) is 20.0. The monoisotopic (exact) mass is 380 g/mol. The van der Waals surface area contributed by atoms with Crippen molar-refractivity contribution in [3.05, 3.63) is 30.6 Å². The summed E-state index contributed by atoms with van der Waals surface area (Å²) in [6.45, 7) is 9.33. The van der Waals surface area contributed by atoms with Crippen LogP contribution in [-0.4, -0.2) is 34.2 Å². The molecule has 1 aromatic heterocycles. The highest BCUT2D eigenvalue weighted by Gasteiger charge is 2.39. The summed E-state index contributed by atoms with van der Waals surface area (Å²) in [7, 11) is 0. The molecule has 0 N–H and O–H groups in total. The van der Waals surface area contributed by atoms with Crippen LogP contribution in [-0.2, 0) is 16.1 Å². The van der Waals surface area contributed by atoms with E-state index in [0.29, 0.717) is 12.5 Å². The van der Waals surface area contributed by atoms with Crippen molar-refractivity contribution in [2.75, 3.05) is 16.3 Å². The van der Waals surface area contributed by atoms with Gasteiger partial charge in [-0.25, -0.2) is 0 Å². The molecule has 1 atom stereocenters. The number of hydrogen-bond donors (Lipinski definition) is 0. The molecule has 2 heterocycles. The Bertz CT molecular complexity index is 913. The second-order valence-corrected chi connectivity index (χ2v) is 8.51. The van der Waals surface area contributed by atoms with Crippen molar-refractivity contribution < 1.29 is 9.59 Å². The minimum absolute atomic E-state index is 0.00442. The van der Waals surface area contributed by atoms with Gasteiger partial charge >= 0.3 is 0 Å². The Balaban J connectivity index is 1.74. The number of rotatable bonds is 4. The first kappa shape index (κ1) is 18.7. The molecule has 1 fully saturated rings. The highest BCUT2D eigenvalue weighted by molar-refractivity contribution is 6.06. The number of carbonyl (C=O) groups is 2. The molecule has 0 bridgehead atoms. The molecule has 2 amide bonds. The molecule has 6 heteroatoms. The molecule has 28 heavy (non-hydrogen) atoms. The van der Waals surface area contributed by atoms with Crippen LogP contribution in [0.4, 0.5) is 11.4 Å². The Kier molecular flexibility index (Phi) is 4.73. The Labute approximate surface area is 166 Å². The van der Waals surface area contributed by atoms with E-state index in [0.717, 1.165) is 41.9 Å². The molecule has 0 unspecified atom stereocenters. The Morgan fingerprint density at radius 1 is 1.18 bits per heavy atom. The van der Waals surface area contributed by atoms with Gasteiger partial charge in [-0.2, -0.15) is 5.10 Å². The molecule has 1 aliphatic carbocycles. The molecule has 4 rings (SSSR count).